The van der Waals surface area contributed by atoms with Gasteiger partial charge in [0.15, 0.2) is 0 Å². The smallest absolute Gasteiger partial charge is 0.234 e. The van der Waals surface area contributed by atoms with Crippen LogP contribution in [0, 0.1) is 11.3 Å². The highest BCUT2D eigenvalue weighted by atomic mass is 35.5. The zero-order chi connectivity index (χ0) is 21.3. The first kappa shape index (κ1) is 21.2. The van der Waals surface area contributed by atoms with E-state index >= 15 is 0 Å². The summed E-state index contributed by atoms with van der Waals surface area (Å²) in [5, 5.41) is 4.51. The molecule has 30 heavy (non-hydrogen) atoms. The summed E-state index contributed by atoms with van der Waals surface area (Å²) >= 11 is 12.4. The van der Waals surface area contributed by atoms with Crippen LogP contribution < -0.4 is 16.6 Å². The summed E-state index contributed by atoms with van der Waals surface area (Å²) in [6, 6.07) is 15.0. The molecule has 2 aliphatic rings. The molecule has 2 aromatic carbocycles. The van der Waals surface area contributed by atoms with Gasteiger partial charge >= 0.3 is 0 Å². The fourth-order valence-corrected chi connectivity index (χ4v) is 5.02. The van der Waals surface area contributed by atoms with E-state index in [1.807, 2.05) is 48.5 Å². The van der Waals surface area contributed by atoms with Gasteiger partial charge in [0.2, 0.25) is 11.8 Å². The SMILES string of the molecule is NNC(=O)C[C@@]1(CC2CC2)C[C@H](c2cccc(Cl)c2)[C@@H](c2ccc(Cl)cc2)NC1=O. The third-order valence-corrected chi connectivity index (χ3v) is 6.81. The van der Waals surface area contributed by atoms with Crippen LogP contribution in [-0.4, -0.2) is 11.8 Å². The molecule has 0 spiro atoms. The molecule has 2 aromatic rings. The summed E-state index contributed by atoms with van der Waals surface area (Å²) in [7, 11) is 0. The van der Waals surface area contributed by atoms with Crippen molar-refractivity contribution in [3.8, 4) is 0 Å². The summed E-state index contributed by atoms with van der Waals surface area (Å²) in [4.78, 5) is 25.7. The van der Waals surface area contributed by atoms with E-state index in [2.05, 4.69) is 10.7 Å². The topological polar surface area (TPSA) is 84.2 Å². The van der Waals surface area contributed by atoms with Gasteiger partial charge in [-0.3, -0.25) is 15.0 Å². The molecule has 1 saturated carbocycles. The normalized spacial score (nSPS) is 26.2. The van der Waals surface area contributed by atoms with Crippen molar-refractivity contribution in [2.45, 2.75) is 44.1 Å². The Hall–Kier alpha value is -2.08. The molecular weight excluding hydrogens is 421 g/mol. The largest absolute Gasteiger partial charge is 0.348 e. The van der Waals surface area contributed by atoms with Crippen molar-refractivity contribution in [2.75, 3.05) is 0 Å². The van der Waals surface area contributed by atoms with Gasteiger partial charge in [-0.25, -0.2) is 5.84 Å². The van der Waals surface area contributed by atoms with Crippen molar-refractivity contribution in [1.82, 2.24) is 10.7 Å². The van der Waals surface area contributed by atoms with Gasteiger partial charge in [-0.1, -0.05) is 60.3 Å². The van der Waals surface area contributed by atoms with Gasteiger partial charge in [-0.05, 0) is 54.2 Å². The highest BCUT2D eigenvalue weighted by Crippen LogP contribution is 2.52. The van der Waals surface area contributed by atoms with Crippen LogP contribution in [0.25, 0.3) is 0 Å². The number of halogens is 2. The van der Waals surface area contributed by atoms with Gasteiger partial charge in [0.25, 0.3) is 0 Å². The van der Waals surface area contributed by atoms with E-state index in [1.165, 1.54) is 0 Å². The van der Waals surface area contributed by atoms with E-state index < -0.39 is 5.41 Å². The first-order chi connectivity index (χ1) is 14.4. The number of nitrogens with one attached hydrogen (secondary N) is 2. The van der Waals surface area contributed by atoms with E-state index in [9.17, 15) is 9.59 Å². The Morgan fingerprint density at radius 3 is 2.47 bits per heavy atom. The van der Waals surface area contributed by atoms with Crippen LogP contribution in [0.5, 0.6) is 0 Å². The average molecular weight is 446 g/mol. The minimum Gasteiger partial charge on any atom is -0.348 e. The molecule has 7 heteroatoms. The van der Waals surface area contributed by atoms with Crippen molar-refractivity contribution in [2.24, 2.45) is 17.2 Å². The zero-order valence-electron chi connectivity index (χ0n) is 16.5. The fraction of sp³-hybridized carbons (Fsp3) is 0.391. The van der Waals surface area contributed by atoms with Gasteiger partial charge in [0.05, 0.1) is 11.5 Å². The second-order valence-corrected chi connectivity index (χ2v) is 9.41. The van der Waals surface area contributed by atoms with E-state index in [0.717, 1.165) is 24.0 Å². The molecule has 0 unspecified atom stereocenters. The van der Waals surface area contributed by atoms with Crippen molar-refractivity contribution in [3.63, 3.8) is 0 Å². The molecule has 0 bridgehead atoms. The molecule has 5 nitrogen and oxygen atoms in total. The van der Waals surface area contributed by atoms with Gasteiger partial charge in [0.1, 0.15) is 0 Å². The molecule has 4 rings (SSSR count). The number of nitrogens with two attached hydrogens (primary N) is 1. The first-order valence-corrected chi connectivity index (χ1v) is 11.0. The summed E-state index contributed by atoms with van der Waals surface area (Å²) in [6.07, 6.45) is 3.52. The van der Waals surface area contributed by atoms with Crippen LogP contribution in [0.4, 0.5) is 0 Å². The monoisotopic (exact) mass is 445 g/mol. The Kier molecular flexibility index (Phi) is 6.05. The van der Waals surface area contributed by atoms with Crippen LogP contribution in [0.2, 0.25) is 10.0 Å². The first-order valence-electron chi connectivity index (χ1n) is 10.2. The number of carbonyl (C=O) groups excluding carboxylic acids is 2. The van der Waals surface area contributed by atoms with Crippen LogP contribution in [0.15, 0.2) is 48.5 Å². The highest BCUT2D eigenvalue weighted by Gasteiger charge is 2.51. The molecule has 0 radical (unpaired) electrons. The molecule has 2 amide bonds. The standard InChI is InChI=1S/C23H25Cl2N3O2/c24-17-8-6-15(7-9-17)21-19(16-2-1-3-18(25)10-16)12-23(22(30)27-21,11-14-4-5-14)13-20(29)28-26/h1-3,6-10,14,19,21H,4-5,11-13,26H2,(H,27,30)(H,28,29)/t19-,21-,23-/m1/s1. The highest BCUT2D eigenvalue weighted by molar-refractivity contribution is 6.30. The number of benzene rings is 2. The Morgan fingerprint density at radius 1 is 1.10 bits per heavy atom. The number of carbonyl (C=O) groups is 2. The number of hydrazine groups is 1. The molecule has 2 fully saturated rings. The molecule has 1 aliphatic carbocycles. The van der Waals surface area contributed by atoms with E-state index in [-0.39, 0.29) is 30.2 Å². The summed E-state index contributed by atoms with van der Waals surface area (Å²) in [5.41, 5.74) is 3.43. The van der Waals surface area contributed by atoms with Gasteiger partial charge in [-0.15, -0.1) is 0 Å². The van der Waals surface area contributed by atoms with Gasteiger partial charge in [0, 0.05) is 22.4 Å². The minimum absolute atomic E-state index is 0.0353. The lowest BCUT2D eigenvalue weighted by molar-refractivity contribution is -0.142. The molecule has 1 saturated heterocycles. The Balaban J connectivity index is 1.75. The second kappa shape index (κ2) is 8.58. The molecular formula is C23H25Cl2N3O2. The van der Waals surface area contributed by atoms with Crippen molar-refractivity contribution in [3.05, 3.63) is 69.7 Å². The maximum Gasteiger partial charge on any atom is 0.234 e. The lowest BCUT2D eigenvalue weighted by Crippen LogP contribution is -2.53. The predicted molar refractivity (Wildman–Crippen MR) is 118 cm³/mol. The minimum atomic E-state index is -0.791. The van der Waals surface area contributed by atoms with Gasteiger partial charge < -0.3 is 5.32 Å². The van der Waals surface area contributed by atoms with E-state index in [0.29, 0.717) is 28.8 Å². The average Bonchev–Trinajstić information content (AvgIpc) is 3.54. The van der Waals surface area contributed by atoms with Crippen LogP contribution >= 0.6 is 23.2 Å². The van der Waals surface area contributed by atoms with Crippen LogP contribution in [-0.2, 0) is 9.59 Å². The molecule has 1 aliphatic heterocycles. The summed E-state index contributed by atoms with van der Waals surface area (Å²) in [5.74, 6) is 5.42. The second-order valence-electron chi connectivity index (χ2n) is 8.54. The number of hydrogen-bond donors (Lipinski definition) is 3. The van der Waals surface area contributed by atoms with E-state index in [4.69, 9.17) is 29.0 Å². The molecule has 4 N–H and O–H groups in total. The molecule has 1 heterocycles. The molecule has 158 valence electrons. The third kappa shape index (κ3) is 4.48. The van der Waals surface area contributed by atoms with E-state index in [1.54, 1.807) is 0 Å². The fourth-order valence-electron chi connectivity index (χ4n) is 4.69. The summed E-state index contributed by atoms with van der Waals surface area (Å²) < 4.78 is 0. The number of rotatable bonds is 6. The Bertz CT molecular complexity index is 946. The summed E-state index contributed by atoms with van der Waals surface area (Å²) in [6.45, 7) is 0. The predicted octanol–water partition coefficient (Wildman–Crippen LogP) is 4.50. The Labute approximate surface area is 186 Å². The number of hydrogen-bond acceptors (Lipinski definition) is 3. The van der Waals surface area contributed by atoms with Crippen molar-refractivity contribution >= 4 is 35.0 Å². The quantitative estimate of drug-likeness (QED) is 0.347. The number of piperidine rings is 1. The molecule has 0 aromatic heterocycles. The van der Waals surface area contributed by atoms with Gasteiger partial charge in [-0.2, -0.15) is 0 Å². The van der Waals surface area contributed by atoms with Crippen LogP contribution in [0.3, 0.4) is 0 Å². The Morgan fingerprint density at radius 2 is 1.83 bits per heavy atom. The maximum absolute atomic E-state index is 13.4. The lowest BCUT2D eigenvalue weighted by Gasteiger charge is -2.44. The lowest BCUT2D eigenvalue weighted by atomic mass is 9.65. The van der Waals surface area contributed by atoms with Crippen molar-refractivity contribution in [1.29, 1.82) is 0 Å². The zero-order valence-corrected chi connectivity index (χ0v) is 18.0. The van der Waals surface area contributed by atoms with Crippen molar-refractivity contribution < 1.29 is 9.59 Å². The van der Waals surface area contributed by atoms with Crippen LogP contribution in [0.1, 0.15) is 55.2 Å². The molecule has 3 atom stereocenters. The third-order valence-electron chi connectivity index (χ3n) is 6.32. The maximum atomic E-state index is 13.4. The number of amides is 2.